The third kappa shape index (κ3) is 37.1. The van der Waals surface area contributed by atoms with E-state index in [4.69, 9.17) is 23.7 Å². The molecule has 12 nitrogen and oxygen atoms in total. The predicted molar refractivity (Wildman–Crippen MR) is 284 cm³/mol. The van der Waals surface area contributed by atoms with Gasteiger partial charge in [0.15, 0.2) is 24.6 Å². The Balaban J connectivity index is 2.78. The first-order chi connectivity index (χ1) is 34.6. The first kappa shape index (κ1) is 64.7. The van der Waals surface area contributed by atoms with Crippen molar-refractivity contribution in [2.45, 2.75) is 237 Å². The molecule has 0 saturated carbocycles. The number of hydrogen-bond donors (Lipinski definition) is 3. The fourth-order valence-electron chi connectivity index (χ4n) is 7.51. The van der Waals surface area contributed by atoms with Crippen molar-refractivity contribution in [1.82, 2.24) is 0 Å². The molecule has 1 saturated heterocycles. The molecule has 1 rings (SSSR count). The predicted octanol–water partition coefficient (Wildman–Crippen LogP) is 13.3. The number of rotatable bonds is 44. The van der Waals surface area contributed by atoms with Gasteiger partial charge >= 0.3 is 23.9 Å². The van der Waals surface area contributed by atoms with Gasteiger partial charge in [0.25, 0.3) is 0 Å². The van der Waals surface area contributed by atoms with Gasteiger partial charge in [-0.2, -0.15) is 0 Å². The number of aliphatic hydroxyl groups excluding tert-OH is 2. The summed E-state index contributed by atoms with van der Waals surface area (Å²) in [4.78, 5) is 50.9. The molecule has 6 unspecified atom stereocenters. The largest absolute Gasteiger partial charge is 0.479 e. The molecule has 0 spiro atoms. The van der Waals surface area contributed by atoms with Gasteiger partial charge in [0.1, 0.15) is 18.8 Å². The molecule has 1 aliphatic rings. The van der Waals surface area contributed by atoms with Crippen LogP contribution in [-0.2, 0) is 42.9 Å². The number of unbranched alkanes of at least 4 members (excludes halogenated alkanes) is 14. The Labute approximate surface area is 428 Å². The molecule has 0 radical (unpaired) electrons. The standard InChI is InChI=1S/C59H94O12/c1-4-7-10-13-16-19-22-25-26-29-32-35-38-41-44-47-53(62)70-57-55(64)54(63)56(58(65)66)71-59(57)68-49-50(69-52(61)46-43-40-37-34-31-28-24-21-18-15-12-9-6-3)48-67-51(60)45-42-39-36-33-30-27-23-20-17-14-11-8-5-2/h7-8,10-11,16-17,19-21,24-27,30,36,39,50,54-57,59,63-64H,4-6,9,12-15,18,22-23,28-29,31-35,37-38,40-49H2,1-3H3,(H,65,66)/b10-7-,11-8-,19-16-,20-17-,24-21-,26-25-,30-27-,39-36-. The number of carboxylic acids is 1. The zero-order valence-corrected chi connectivity index (χ0v) is 43.9. The molecule has 1 fully saturated rings. The highest BCUT2D eigenvalue weighted by Gasteiger charge is 2.50. The fourth-order valence-corrected chi connectivity index (χ4v) is 7.51. The Bertz CT molecular complexity index is 1610. The molecule has 3 N–H and O–H groups in total. The van der Waals surface area contributed by atoms with Crippen molar-refractivity contribution in [1.29, 1.82) is 0 Å². The van der Waals surface area contributed by atoms with E-state index in [-0.39, 0.29) is 25.9 Å². The van der Waals surface area contributed by atoms with Gasteiger partial charge in [-0.1, -0.05) is 176 Å². The molecular weight excluding hydrogens is 901 g/mol. The number of carbonyl (C=O) groups excluding carboxylic acids is 3. The highest BCUT2D eigenvalue weighted by molar-refractivity contribution is 5.74. The zero-order chi connectivity index (χ0) is 51.8. The monoisotopic (exact) mass is 995 g/mol. The van der Waals surface area contributed by atoms with Crippen LogP contribution in [0.3, 0.4) is 0 Å². The molecule has 0 aromatic rings. The maximum atomic E-state index is 13.1. The van der Waals surface area contributed by atoms with Crippen LogP contribution in [-0.4, -0.2) is 89.2 Å². The van der Waals surface area contributed by atoms with E-state index in [1.807, 2.05) is 12.2 Å². The van der Waals surface area contributed by atoms with E-state index in [9.17, 15) is 34.5 Å². The summed E-state index contributed by atoms with van der Waals surface area (Å²) in [6, 6.07) is 0. The summed E-state index contributed by atoms with van der Waals surface area (Å²) in [5, 5.41) is 31.4. The van der Waals surface area contributed by atoms with Crippen molar-refractivity contribution in [2.24, 2.45) is 0 Å². The lowest BCUT2D eigenvalue weighted by atomic mass is 9.98. The second-order valence-electron chi connectivity index (χ2n) is 18.1. The number of allylic oxidation sites excluding steroid dienone is 16. The van der Waals surface area contributed by atoms with Gasteiger partial charge < -0.3 is 39.0 Å². The van der Waals surface area contributed by atoms with Crippen LogP contribution in [0.5, 0.6) is 0 Å². The Morgan fingerprint density at radius 3 is 1.42 bits per heavy atom. The maximum absolute atomic E-state index is 13.1. The van der Waals surface area contributed by atoms with Gasteiger partial charge in [-0.15, -0.1) is 0 Å². The van der Waals surface area contributed by atoms with E-state index < -0.39 is 67.3 Å². The molecule has 0 aromatic carbocycles. The van der Waals surface area contributed by atoms with E-state index >= 15 is 0 Å². The Morgan fingerprint density at radius 2 is 0.915 bits per heavy atom. The molecule has 0 aromatic heterocycles. The minimum atomic E-state index is -1.92. The van der Waals surface area contributed by atoms with Gasteiger partial charge in [0, 0.05) is 19.3 Å². The normalized spacial score (nSPS) is 19.3. The number of aliphatic carboxylic acids is 1. The number of carbonyl (C=O) groups is 4. The number of hydrogen-bond acceptors (Lipinski definition) is 11. The van der Waals surface area contributed by atoms with E-state index in [1.54, 1.807) is 0 Å². The molecule has 1 heterocycles. The summed E-state index contributed by atoms with van der Waals surface area (Å²) in [7, 11) is 0. The summed E-state index contributed by atoms with van der Waals surface area (Å²) in [5.41, 5.74) is 0. The van der Waals surface area contributed by atoms with Crippen molar-refractivity contribution in [2.75, 3.05) is 13.2 Å². The second-order valence-corrected chi connectivity index (χ2v) is 18.1. The van der Waals surface area contributed by atoms with Crippen LogP contribution in [0.1, 0.15) is 201 Å². The Morgan fingerprint density at radius 1 is 0.479 bits per heavy atom. The molecule has 402 valence electrons. The summed E-state index contributed by atoms with van der Waals surface area (Å²) in [6.45, 7) is 5.64. The SMILES string of the molecule is CC/C=C\C/C=C\C/C=C\C/C=C\CCC(=O)OCC(COC1OC(C(=O)O)C(O)C(O)C1OC(=O)CCCCCCC/C=C\C/C=C\C/C=C\CC)OC(=O)CCCCCCC/C=C\CCCCCC. The lowest BCUT2D eigenvalue weighted by Crippen LogP contribution is -2.61. The van der Waals surface area contributed by atoms with Gasteiger partial charge in [0.05, 0.1) is 6.61 Å². The summed E-state index contributed by atoms with van der Waals surface area (Å²) in [5.74, 6) is -3.27. The van der Waals surface area contributed by atoms with Crippen LogP contribution in [0, 0.1) is 0 Å². The van der Waals surface area contributed by atoms with Crippen LogP contribution in [0.15, 0.2) is 97.2 Å². The maximum Gasteiger partial charge on any atom is 0.335 e. The highest BCUT2D eigenvalue weighted by Crippen LogP contribution is 2.26. The van der Waals surface area contributed by atoms with Crippen molar-refractivity contribution in [3.63, 3.8) is 0 Å². The Kier molecular flexibility index (Phi) is 42.5. The third-order valence-corrected chi connectivity index (χ3v) is 11.6. The van der Waals surface area contributed by atoms with Crippen LogP contribution in [0.2, 0.25) is 0 Å². The lowest BCUT2D eigenvalue weighted by molar-refractivity contribution is -0.301. The average Bonchev–Trinajstić information content (AvgIpc) is 3.35. The smallest absolute Gasteiger partial charge is 0.335 e. The van der Waals surface area contributed by atoms with Gasteiger partial charge in [-0.05, 0) is 103 Å². The molecule has 71 heavy (non-hydrogen) atoms. The van der Waals surface area contributed by atoms with Crippen molar-refractivity contribution in [3.8, 4) is 0 Å². The number of carboxylic acid groups (broad SMARTS) is 1. The van der Waals surface area contributed by atoms with Crippen LogP contribution < -0.4 is 0 Å². The highest BCUT2D eigenvalue weighted by atomic mass is 16.7. The minimum Gasteiger partial charge on any atom is -0.479 e. The summed E-state index contributed by atoms with van der Waals surface area (Å²) in [6.07, 6.45) is 48.3. The second kappa shape index (κ2) is 46.7. The van der Waals surface area contributed by atoms with E-state index in [1.165, 1.54) is 25.7 Å². The number of ether oxygens (including phenoxy) is 5. The van der Waals surface area contributed by atoms with E-state index in [0.29, 0.717) is 19.3 Å². The molecule has 0 bridgehead atoms. The van der Waals surface area contributed by atoms with Crippen molar-refractivity contribution in [3.05, 3.63) is 97.2 Å². The van der Waals surface area contributed by atoms with E-state index in [2.05, 4.69) is 106 Å². The lowest BCUT2D eigenvalue weighted by Gasteiger charge is -2.40. The zero-order valence-electron chi connectivity index (χ0n) is 43.9. The van der Waals surface area contributed by atoms with Crippen LogP contribution in [0.25, 0.3) is 0 Å². The topological polar surface area (TPSA) is 175 Å². The van der Waals surface area contributed by atoms with Crippen molar-refractivity contribution >= 4 is 23.9 Å². The molecule has 0 aliphatic carbocycles. The van der Waals surface area contributed by atoms with Gasteiger partial charge in [-0.25, -0.2) is 4.79 Å². The van der Waals surface area contributed by atoms with Crippen LogP contribution in [0.4, 0.5) is 0 Å². The first-order valence-electron chi connectivity index (χ1n) is 27.2. The molecule has 6 atom stereocenters. The van der Waals surface area contributed by atoms with Gasteiger partial charge in [-0.3, -0.25) is 14.4 Å². The minimum absolute atomic E-state index is 0.0292. The molecule has 0 amide bonds. The quantitative estimate of drug-likeness (QED) is 0.0228. The average molecular weight is 995 g/mol. The van der Waals surface area contributed by atoms with Gasteiger partial charge in [0.2, 0.25) is 0 Å². The molecule has 12 heteroatoms. The summed E-state index contributed by atoms with van der Waals surface area (Å²) < 4.78 is 28.2. The number of esters is 3. The fraction of sp³-hybridized carbons (Fsp3) is 0.661. The number of aliphatic hydroxyl groups is 2. The molecular formula is C59H94O12. The molecule has 1 aliphatic heterocycles. The van der Waals surface area contributed by atoms with E-state index in [0.717, 1.165) is 116 Å². The van der Waals surface area contributed by atoms with Crippen molar-refractivity contribution < 1.29 is 58.2 Å². The third-order valence-electron chi connectivity index (χ3n) is 11.6. The summed E-state index contributed by atoms with van der Waals surface area (Å²) >= 11 is 0. The van der Waals surface area contributed by atoms with Crippen LogP contribution >= 0.6 is 0 Å². The Hall–Kier alpha value is -4.36. The first-order valence-corrected chi connectivity index (χ1v) is 27.2.